The Labute approximate surface area is 149 Å². The zero-order chi connectivity index (χ0) is 17.5. The quantitative estimate of drug-likeness (QED) is 0.803. The first-order valence-corrected chi connectivity index (χ1v) is 9.27. The van der Waals surface area contributed by atoms with Crippen LogP contribution < -0.4 is 15.5 Å². The van der Waals surface area contributed by atoms with E-state index in [1.807, 2.05) is 23.1 Å². The Balaban J connectivity index is 1.34. The van der Waals surface area contributed by atoms with Gasteiger partial charge in [0.2, 0.25) is 11.8 Å². The van der Waals surface area contributed by atoms with Gasteiger partial charge in [-0.3, -0.25) is 9.59 Å². The van der Waals surface area contributed by atoms with Gasteiger partial charge in [-0.05, 0) is 44.0 Å². The smallest absolute Gasteiger partial charge is 0.242 e. The standard InChI is InChI=1S/C19H28N4O2/c24-18(7-6-16-8-9-20-14-16)21-15-19(25)23-12-10-22(11-13-23)17-4-2-1-3-5-17/h1-5,16,20H,6-15H2,(H,21,24). The van der Waals surface area contributed by atoms with Crippen LogP contribution in [-0.2, 0) is 9.59 Å². The van der Waals surface area contributed by atoms with E-state index in [0.29, 0.717) is 25.4 Å². The van der Waals surface area contributed by atoms with E-state index in [1.165, 1.54) is 5.69 Å². The predicted octanol–water partition coefficient (Wildman–Crippen LogP) is 0.841. The summed E-state index contributed by atoms with van der Waals surface area (Å²) >= 11 is 0. The average molecular weight is 344 g/mol. The van der Waals surface area contributed by atoms with Crippen LogP contribution in [0.15, 0.2) is 30.3 Å². The van der Waals surface area contributed by atoms with Crippen molar-refractivity contribution in [2.75, 3.05) is 50.7 Å². The monoisotopic (exact) mass is 344 g/mol. The van der Waals surface area contributed by atoms with Gasteiger partial charge in [-0.2, -0.15) is 0 Å². The lowest BCUT2D eigenvalue weighted by atomic mass is 10.0. The number of amides is 2. The van der Waals surface area contributed by atoms with Gasteiger partial charge in [0, 0.05) is 38.3 Å². The van der Waals surface area contributed by atoms with Crippen molar-refractivity contribution in [3.8, 4) is 0 Å². The Morgan fingerprint density at radius 1 is 1.12 bits per heavy atom. The number of carbonyl (C=O) groups is 2. The van der Waals surface area contributed by atoms with Crippen molar-refractivity contribution >= 4 is 17.5 Å². The summed E-state index contributed by atoms with van der Waals surface area (Å²) in [4.78, 5) is 28.3. The van der Waals surface area contributed by atoms with E-state index in [-0.39, 0.29) is 18.4 Å². The highest BCUT2D eigenvalue weighted by atomic mass is 16.2. The molecule has 2 amide bonds. The van der Waals surface area contributed by atoms with Gasteiger partial charge >= 0.3 is 0 Å². The predicted molar refractivity (Wildman–Crippen MR) is 98.5 cm³/mol. The van der Waals surface area contributed by atoms with E-state index in [2.05, 4.69) is 27.7 Å². The van der Waals surface area contributed by atoms with Crippen molar-refractivity contribution in [1.29, 1.82) is 0 Å². The molecule has 1 aromatic carbocycles. The largest absolute Gasteiger partial charge is 0.368 e. The van der Waals surface area contributed by atoms with Gasteiger partial charge in [0.1, 0.15) is 0 Å². The summed E-state index contributed by atoms with van der Waals surface area (Å²) in [6.07, 6.45) is 2.57. The number of rotatable bonds is 6. The second-order valence-electron chi connectivity index (χ2n) is 6.88. The lowest BCUT2D eigenvalue weighted by Gasteiger charge is -2.36. The Morgan fingerprint density at radius 3 is 2.56 bits per heavy atom. The summed E-state index contributed by atoms with van der Waals surface area (Å²) in [6.45, 7) is 5.26. The van der Waals surface area contributed by atoms with Crippen molar-refractivity contribution in [2.45, 2.75) is 19.3 Å². The van der Waals surface area contributed by atoms with Crippen molar-refractivity contribution in [1.82, 2.24) is 15.5 Å². The molecule has 136 valence electrons. The van der Waals surface area contributed by atoms with Crippen LogP contribution in [0, 0.1) is 5.92 Å². The minimum absolute atomic E-state index is 0.0110. The Kier molecular flexibility index (Phi) is 6.28. The van der Waals surface area contributed by atoms with Gasteiger partial charge in [-0.15, -0.1) is 0 Å². The number of piperazine rings is 1. The topological polar surface area (TPSA) is 64.7 Å². The molecule has 3 rings (SSSR count). The number of anilines is 1. The van der Waals surface area contributed by atoms with Crippen molar-refractivity contribution in [3.63, 3.8) is 0 Å². The summed E-state index contributed by atoms with van der Waals surface area (Å²) in [5, 5.41) is 6.09. The van der Waals surface area contributed by atoms with E-state index >= 15 is 0 Å². The molecule has 0 aliphatic carbocycles. The van der Waals surface area contributed by atoms with Gasteiger partial charge in [0.25, 0.3) is 0 Å². The third-order valence-electron chi connectivity index (χ3n) is 5.13. The number of benzene rings is 1. The SMILES string of the molecule is O=C(CCC1CCNC1)NCC(=O)N1CCN(c2ccccc2)CC1. The van der Waals surface area contributed by atoms with Crippen molar-refractivity contribution < 1.29 is 9.59 Å². The summed E-state index contributed by atoms with van der Waals surface area (Å²) in [5.41, 5.74) is 1.20. The van der Waals surface area contributed by atoms with Gasteiger partial charge in [0.05, 0.1) is 6.54 Å². The van der Waals surface area contributed by atoms with Gasteiger partial charge in [0.15, 0.2) is 0 Å². The molecule has 2 N–H and O–H groups in total. The fraction of sp³-hybridized carbons (Fsp3) is 0.579. The summed E-state index contributed by atoms with van der Waals surface area (Å²) < 4.78 is 0. The second kappa shape index (κ2) is 8.85. The first-order chi connectivity index (χ1) is 12.2. The molecule has 6 nitrogen and oxygen atoms in total. The first kappa shape index (κ1) is 17.7. The van der Waals surface area contributed by atoms with Gasteiger partial charge in [-0.1, -0.05) is 18.2 Å². The number of para-hydroxylation sites is 1. The molecule has 2 aliphatic heterocycles. The molecule has 2 fully saturated rings. The molecule has 0 bridgehead atoms. The maximum absolute atomic E-state index is 12.3. The molecule has 2 heterocycles. The number of nitrogens with one attached hydrogen (secondary N) is 2. The molecule has 2 aliphatic rings. The highest BCUT2D eigenvalue weighted by molar-refractivity contribution is 5.84. The maximum Gasteiger partial charge on any atom is 0.242 e. The van der Waals surface area contributed by atoms with Crippen LogP contribution in [0.5, 0.6) is 0 Å². The van der Waals surface area contributed by atoms with Crippen LogP contribution in [0.4, 0.5) is 5.69 Å². The molecule has 6 heteroatoms. The molecule has 0 spiro atoms. The van der Waals surface area contributed by atoms with Crippen LogP contribution >= 0.6 is 0 Å². The molecule has 1 aromatic rings. The van der Waals surface area contributed by atoms with E-state index < -0.39 is 0 Å². The first-order valence-electron chi connectivity index (χ1n) is 9.27. The van der Waals surface area contributed by atoms with E-state index in [0.717, 1.165) is 39.0 Å². The molecular formula is C19H28N4O2. The van der Waals surface area contributed by atoms with Crippen LogP contribution in [-0.4, -0.2) is 62.5 Å². The average Bonchev–Trinajstić information content (AvgIpc) is 3.19. The molecule has 2 saturated heterocycles. The number of hydrogen-bond acceptors (Lipinski definition) is 4. The molecule has 1 unspecified atom stereocenters. The third kappa shape index (κ3) is 5.19. The zero-order valence-corrected chi connectivity index (χ0v) is 14.7. The lowest BCUT2D eigenvalue weighted by molar-refractivity contribution is -0.133. The van der Waals surface area contributed by atoms with Crippen LogP contribution in [0.1, 0.15) is 19.3 Å². The summed E-state index contributed by atoms with van der Waals surface area (Å²) in [5.74, 6) is 0.610. The highest BCUT2D eigenvalue weighted by Gasteiger charge is 2.21. The van der Waals surface area contributed by atoms with Crippen LogP contribution in [0.3, 0.4) is 0 Å². The molecular weight excluding hydrogens is 316 g/mol. The Hall–Kier alpha value is -2.08. The highest BCUT2D eigenvalue weighted by Crippen LogP contribution is 2.16. The number of hydrogen-bond donors (Lipinski definition) is 2. The Morgan fingerprint density at radius 2 is 1.88 bits per heavy atom. The molecule has 0 radical (unpaired) electrons. The fourth-order valence-electron chi connectivity index (χ4n) is 3.52. The number of carbonyl (C=O) groups excluding carboxylic acids is 2. The van der Waals surface area contributed by atoms with Gasteiger partial charge < -0.3 is 20.4 Å². The van der Waals surface area contributed by atoms with Crippen LogP contribution in [0.2, 0.25) is 0 Å². The minimum Gasteiger partial charge on any atom is -0.368 e. The van der Waals surface area contributed by atoms with Crippen LogP contribution in [0.25, 0.3) is 0 Å². The fourth-order valence-corrected chi connectivity index (χ4v) is 3.52. The summed E-state index contributed by atoms with van der Waals surface area (Å²) in [7, 11) is 0. The third-order valence-corrected chi connectivity index (χ3v) is 5.13. The van der Waals surface area contributed by atoms with Crippen molar-refractivity contribution in [2.24, 2.45) is 5.92 Å². The maximum atomic E-state index is 12.3. The molecule has 0 aromatic heterocycles. The zero-order valence-electron chi connectivity index (χ0n) is 14.7. The molecule has 25 heavy (non-hydrogen) atoms. The Bertz CT molecular complexity index is 564. The van der Waals surface area contributed by atoms with E-state index in [1.54, 1.807) is 0 Å². The lowest BCUT2D eigenvalue weighted by Crippen LogP contribution is -2.51. The van der Waals surface area contributed by atoms with E-state index in [9.17, 15) is 9.59 Å². The normalized spacial score (nSPS) is 20.6. The van der Waals surface area contributed by atoms with E-state index in [4.69, 9.17) is 0 Å². The van der Waals surface area contributed by atoms with Crippen molar-refractivity contribution in [3.05, 3.63) is 30.3 Å². The number of nitrogens with zero attached hydrogens (tertiary/aromatic N) is 2. The van der Waals surface area contributed by atoms with Gasteiger partial charge in [-0.25, -0.2) is 0 Å². The second-order valence-corrected chi connectivity index (χ2v) is 6.88. The molecule has 1 atom stereocenters. The minimum atomic E-state index is -0.0110. The molecule has 0 saturated carbocycles. The summed E-state index contributed by atoms with van der Waals surface area (Å²) in [6, 6.07) is 10.3.